The summed E-state index contributed by atoms with van der Waals surface area (Å²) in [6.07, 6.45) is 13.1. The molecule has 0 spiro atoms. The number of anilines is 1. The molecule has 37 heavy (non-hydrogen) atoms. The molecule has 0 saturated carbocycles. The molecular formula is C30H42N4O3. The lowest BCUT2D eigenvalue weighted by molar-refractivity contribution is -0.0672. The predicted octanol–water partition coefficient (Wildman–Crippen LogP) is 4.29. The fourth-order valence-electron chi connectivity index (χ4n) is 5.81. The summed E-state index contributed by atoms with van der Waals surface area (Å²) in [6, 6.07) is 8.52. The van der Waals surface area contributed by atoms with Crippen LogP contribution in [-0.4, -0.2) is 70.2 Å². The second-order valence-corrected chi connectivity index (χ2v) is 11.0. The largest absolute Gasteiger partial charge is 0.493 e. The monoisotopic (exact) mass is 506 g/mol. The van der Waals surface area contributed by atoms with Gasteiger partial charge in [0, 0.05) is 44.5 Å². The van der Waals surface area contributed by atoms with Gasteiger partial charge in [0.05, 0.1) is 12.7 Å². The maximum absolute atomic E-state index is 10.8. The summed E-state index contributed by atoms with van der Waals surface area (Å²) in [6.45, 7) is 6.40. The molecule has 1 aliphatic carbocycles. The van der Waals surface area contributed by atoms with Crippen LogP contribution in [0.4, 0.5) is 5.95 Å². The Hall–Kier alpha value is -2.48. The molecule has 1 aromatic heterocycles. The Labute approximate surface area is 221 Å². The van der Waals surface area contributed by atoms with Crippen molar-refractivity contribution >= 4 is 11.5 Å². The summed E-state index contributed by atoms with van der Waals surface area (Å²) in [5.41, 5.74) is 3.80. The van der Waals surface area contributed by atoms with Crippen LogP contribution in [0.5, 0.6) is 5.75 Å². The van der Waals surface area contributed by atoms with E-state index in [1.807, 2.05) is 12.4 Å². The lowest BCUT2D eigenvalue weighted by Gasteiger charge is -2.38. The number of aryl methyl sites for hydroxylation is 1. The van der Waals surface area contributed by atoms with E-state index in [4.69, 9.17) is 4.74 Å². The van der Waals surface area contributed by atoms with Gasteiger partial charge in [0.2, 0.25) is 5.95 Å². The van der Waals surface area contributed by atoms with Gasteiger partial charge in [0.25, 0.3) is 0 Å². The van der Waals surface area contributed by atoms with Crippen LogP contribution in [0.3, 0.4) is 0 Å². The maximum atomic E-state index is 10.8. The fourth-order valence-corrected chi connectivity index (χ4v) is 5.81. The number of piperidine rings is 2. The third kappa shape index (κ3) is 6.70. The molecule has 7 nitrogen and oxygen atoms in total. The molecule has 0 bridgehead atoms. The lowest BCUT2D eigenvalue weighted by Crippen LogP contribution is -2.46. The van der Waals surface area contributed by atoms with Crippen LogP contribution < -0.4 is 9.64 Å². The topological polar surface area (TPSA) is 82.0 Å². The van der Waals surface area contributed by atoms with Crippen LogP contribution in [-0.2, 0) is 6.42 Å². The van der Waals surface area contributed by atoms with Gasteiger partial charge >= 0.3 is 0 Å². The van der Waals surface area contributed by atoms with Crippen molar-refractivity contribution in [2.75, 3.05) is 37.7 Å². The highest BCUT2D eigenvalue weighted by atomic mass is 16.5. The number of aromatic nitrogens is 2. The molecule has 1 unspecified atom stereocenters. The first-order chi connectivity index (χ1) is 18.1. The minimum absolute atomic E-state index is 0.203. The van der Waals surface area contributed by atoms with Crippen LogP contribution in [0.25, 0.3) is 5.57 Å². The molecule has 1 aromatic carbocycles. The smallest absolute Gasteiger partial charge is 0.225 e. The van der Waals surface area contributed by atoms with Gasteiger partial charge in [0.1, 0.15) is 12.0 Å². The molecule has 200 valence electrons. The van der Waals surface area contributed by atoms with Crippen molar-refractivity contribution in [1.82, 2.24) is 14.9 Å². The summed E-state index contributed by atoms with van der Waals surface area (Å²) in [5.74, 6) is 2.60. The number of hydrogen-bond acceptors (Lipinski definition) is 7. The number of hydrogen-bond donors (Lipinski definition) is 2. The number of likely N-dealkylation sites (tertiary alicyclic amines) is 1. The second kappa shape index (κ2) is 12.4. The first kappa shape index (κ1) is 26.1. The zero-order valence-corrected chi connectivity index (χ0v) is 22.1. The van der Waals surface area contributed by atoms with E-state index in [9.17, 15) is 10.2 Å². The molecule has 3 aliphatic rings. The number of rotatable bonds is 8. The minimum atomic E-state index is -0.401. The summed E-state index contributed by atoms with van der Waals surface area (Å²) >= 11 is 0. The van der Waals surface area contributed by atoms with Crippen LogP contribution in [0, 0.1) is 11.8 Å². The van der Waals surface area contributed by atoms with E-state index < -0.39 is 6.23 Å². The van der Waals surface area contributed by atoms with Crippen LogP contribution in [0.1, 0.15) is 63.0 Å². The SMILES string of the molecule is CCc1cnc(N2CCC(COc3ccc(C4=CCC([C@@H](O)N5CCC(O)CC5)CC4)cc3)CC2)nc1. The summed E-state index contributed by atoms with van der Waals surface area (Å²) in [7, 11) is 0. The second-order valence-electron chi connectivity index (χ2n) is 11.0. The van der Waals surface area contributed by atoms with E-state index in [-0.39, 0.29) is 12.0 Å². The number of allylic oxidation sites excluding steroid dienone is 2. The zero-order valence-electron chi connectivity index (χ0n) is 22.1. The third-order valence-corrected chi connectivity index (χ3v) is 8.45. The van der Waals surface area contributed by atoms with Crippen molar-refractivity contribution in [1.29, 1.82) is 0 Å². The number of aliphatic hydroxyl groups excluding tert-OH is 2. The Balaban J connectivity index is 1.05. The Bertz CT molecular complexity index is 1010. The average Bonchev–Trinajstić information content (AvgIpc) is 2.97. The van der Waals surface area contributed by atoms with Crippen molar-refractivity contribution in [2.45, 2.75) is 70.6 Å². The fraction of sp³-hybridized carbons (Fsp3) is 0.600. The van der Waals surface area contributed by atoms with Crippen molar-refractivity contribution in [3.05, 3.63) is 53.9 Å². The summed E-state index contributed by atoms with van der Waals surface area (Å²) in [4.78, 5) is 13.5. The predicted molar refractivity (Wildman–Crippen MR) is 146 cm³/mol. The van der Waals surface area contributed by atoms with E-state index in [0.717, 1.165) is 95.9 Å². The van der Waals surface area contributed by atoms with Crippen LogP contribution in [0.15, 0.2) is 42.7 Å². The highest BCUT2D eigenvalue weighted by Gasteiger charge is 2.30. The van der Waals surface area contributed by atoms with Crippen LogP contribution in [0.2, 0.25) is 0 Å². The molecule has 2 fully saturated rings. The van der Waals surface area contributed by atoms with Gasteiger partial charge in [-0.1, -0.05) is 25.1 Å². The van der Waals surface area contributed by atoms with Crippen molar-refractivity contribution in [3.63, 3.8) is 0 Å². The first-order valence-corrected chi connectivity index (χ1v) is 14.2. The van der Waals surface area contributed by atoms with Crippen molar-refractivity contribution in [3.8, 4) is 5.75 Å². The van der Waals surface area contributed by atoms with Gasteiger partial charge in [-0.15, -0.1) is 0 Å². The Morgan fingerprint density at radius 1 is 0.973 bits per heavy atom. The van der Waals surface area contributed by atoms with E-state index in [1.54, 1.807) is 0 Å². The van der Waals surface area contributed by atoms with E-state index >= 15 is 0 Å². The molecule has 3 heterocycles. The Morgan fingerprint density at radius 3 is 2.30 bits per heavy atom. The highest BCUT2D eigenvalue weighted by molar-refractivity contribution is 5.66. The number of ether oxygens (including phenoxy) is 1. The van der Waals surface area contributed by atoms with E-state index in [0.29, 0.717) is 5.92 Å². The molecule has 5 rings (SSSR count). The lowest BCUT2D eigenvalue weighted by atomic mass is 9.85. The maximum Gasteiger partial charge on any atom is 0.225 e. The molecule has 7 heteroatoms. The molecule has 2 saturated heterocycles. The molecule has 2 aromatic rings. The molecule has 2 N–H and O–H groups in total. The number of benzene rings is 1. The third-order valence-electron chi connectivity index (χ3n) is 8.45. The molecule has 0 amide bonds. The van der Waals surface area contributed by atoms with Crippen molar-refractivity contribution < 1.29 is 14.9 Å². The first-order valence-electron chi connectivity index (χ1n) is 14.2. The quantitative estimate of drug-likeness (QED) is 0.553. The van der Waals surface area contributed by atoms with E-state index in [1.165, 1.54) is 16.7 Å². The van der Waals surface area contributed by atoms with Gasteiger partial charge in [-0.2, -0.15) is 0 Å². The standard InChI is InChI=1S/C30H42N4O3/c1-2-22-19-31-30(32-20-22)34-15-11-23(12-16-34)21-37-28-9-7-25(8-10-28)24-3-5-26(6-4-24)29(36)33-17-13-27(35)14-18-33/h3,7-10,19-20,23,26-27,29,35-36H,2,4-6,11-18,21H2,1H3/t26?,29-/m1/s1. The van der Waals surface area contributed by atoms with E-state index in [2.05, 4.69) is 57.0 Å². The van der Waals surface area contributed by atoms with Gasteiger partial charge in [-0.3, -0.25) is 4.90 Å². The van der Waals surface area contributed by atoms with Crippen molar-refractivity contribution in [2.24, 2.45) is 11.8 Å². The molecule has 2 aliphatic heterocycles. The van der Waals surface area contributed by atoms with Crippen LogP contribution >= 0.6 is 0 Å². The minimum Gasteiger partial charge on any atom is -0.493 e. The average molecular weight is 507 g/mol. The molecule has 0 radical (unpaired) electrons. The summed E-state index contributed by atoms with van der Waals surface area (Å²) < 4.78 is 6.16. The zero-order chi connectivity index (χ0) is 25.6. The summed E-state index contributed by atoms with van der Waals surface area (Å²) in [5, 5.41) is 20.6. The Kier molecular flexibility index (Phi) is 8.74. The van der Waals surface area contributed by atoms with Gasteiger partial charge in [-0.25, -0.2) is 9.97 Å². The van der Waals surface area contributed by atoms with Gasteiger partial charge in [-0.05, 0) is 86.1 Å². The van der Waals surface area contributed by atoms with Gasteiger partial charge < -0.3 is 19.8 Å². The number of aliphatic hydroxyl groups is 2. The highest BCUT2D eigenvalue weighted by Crippen LogP contribution is 2.34. The number of nitrogens with zero attached hydrogens (tertiary/aromatic N) is 4. The van der Waals surface area contributed by atoms with Gasteiger partial charge in [0.15, 0.2) is 0 Å². The normalized spacial score (nSPS) is 23.1. The Morgan fingerprint density at radius 2 is 1.68 bits per heavy atom. The molecule has 2 atom stereocenters. The molecular weight excluding hydrogens is 464 g/mol.